The molecule has 0 radical (unpaired) electrons. The standard InChI is InChI=1S/C64H42N8/c1-69-51-15-3-7-19-55(51)71(56-20-8-4-16-52(56)69)43-29-31-45-47(37-43)59(49-33-27-41-25-23-39-13-11-35-65-61(39)63(41)67-49)46-32-30-44(72-57-21-9-5-17-53(57)70(2)54-18-6-10-22-58(54)72)38-48(46)60(45)50-34-28-42-26-24-40-14-12-36-66-62(40)64(42)68-50/h3-38H,1-2H3. The fourth-order valence-electron chi connectivity index (χ4n) is 11.6. The second-order valence-electron chi connectivity index (χ2n) is 18.8. The van der Waals surface area contributed by atoms with Crippen molar-refractivity contribution in [2.75, 3.05) is 33.7 Å². The Morgan fingerprint density at radius 2 is 0.625 bits per heavy atom. The molecule has 0 N–H and O–H groups in total. The van der Waals surface area contributed by atoms with Gasteiger partial charge in [0.25, 0.3) is 0 Å². The van der Waals surface area contributed by atoms with Gasteiger partial charge in [-0.3, -0.25) is 9.97 Å². The molecule has 0 amide bonds. The molecule has 0 saturated heterocycles. The summed E-state index contributed by atoms with van der Waals surface area (Å²) in [6.45, 7) is 0. The van der Waals surface area contributed by atoms with E-state index in [2.05, 4.69) is 228 Å². The maximum atomic E-state index is 5.63. The van der Waals surface area contributed by atoms with E-state index >= 15 is 0 Å². The largest absolute Gasteiger partial charge is 0.341 e. The van der Waals surface area contributed by atoms with Crippen molar-refractivity contribution in [2.45, 2.75) is 0 Å². The first kappa shape index (κ1) is 40.2. The Morgan fingerprint density at radius 1 is 0.292 bits per heavy atom. The molecular weight excluding hydrogens is 881 g/mol. The fraction of sp³-hybridized carbons (Fsp3) is 0.0312. The summed E-state index contributed by atoms with van der Waals surface area (Å²) in [5.74, 6) is 0. The molecule has 8 nitrogen and oxygen atoms in total. The minimum absolute atomic E-state index is 0.864. The highest BCUT2D eigenvalue weighted by Gasteiger charge is 2.31. The van der Waals surface area contributed by atoms with Gasteiger partial charge in [0.1, 0.15) is 0 Å². The van der Waals surface area contributed by atoms with Crippen LogP contribution in [0.15, 0.2) is 219 Å². The fourth-order valence-corrected chi connectivity index (χ4v) is 11.6. The Kier molecular flexibility index (Phi) is 8.62. The number of para-hydroxylation sites is 8. The van der Waals surface area contributed by atoms with Crippen molar-refractivity contribution in [3.63, 3.8) is 0 Å². The van der Waals surface area contributed by atoms with Crippen molar-refractivity contribution in [1.82, 2.24) is 19.9 Å². The highest BCUT2D eigenvalue weighted by atomic mass is 15.3. The zero-order valence-corrected chi connectivity index (χ0v) is 39.4. The van der Waals surface area contributed by atoms with Crippen LogP contribution in [0.1, 0.15) is 0 Å². The minimum Gasteiger partial charge on any atom is -0.341 e. The van der Waals surface area contributed by atoms with Crippen molar-refractivity contribution in [1.29, 1.82) is 0 Å². The Morgan fingerprint density at radius 3 is 1.00 bits per heavy atom. The van der Waals surface area contributed by atoms with Crippen LogP contribution in [0.25, 0.3) is 87.7 Å². The summed E-state index contributed by atoms with van der Waals surface area (Å²) in [6, 6.07) is 74.1. The van der Waals surface area contributed by atoms with E-state index < -0.39 is 0 Å². The van der Waals surface area contributed by atoms with Gasteiger partial charge in [-0.15, -0.1) is 0 Å². The number of rotatable bonds is 4. The van der Waals surface area contributed by atoms with E-state index in [0.29, 0.717) is 0 Å². The predicted octanol–water partition coefficient (Wildman–Crippen LogP) is 16.6. The van der Waals surface area contributed by atoms with Crippen LogP contribution in [0.4, 0.5) is 56.9 Å². The van der Waals surface area contributed by atoms with Crippen LogP contribution < -0.4 is 19.6 Å². The first-order valence-corrected chi connectivity index (χ1v) is 24.3. The Hall–Kier alpha value is -9.66. The first-order valence-electron chi connectivity index (χ1n) is 24.3. The summed E-state index contributed by atoms with van der Waals surface area (Å²) in [5.41, 5.74) is 18.3. The van der Waals surface area contributed by atoms with Gasteiger partial charge < -0.3 is 19.6 Å². The van der Waals surface area contributed by atoms with Gasteiger partial charge in [0.15, 0.2) is 0 Å². The molecule has 338 valence electrons. The number of hydrogen-bond acceptors (Lipinski definition) is 8. The summed E-state index contributed by atoms with van der Waals surface area (Å²) >= 11 is 0. The van der Waals surface area contributed by atoms with Crippen molar-refractivity contribution >= 4 is 122 Å². The number of pyridine rings is 4. The van der Waals surface area contributed by atoms with E-state index in [9.17, 15) is 0 Å². The van der Waals surface area contributed by atoms with Gasteiger partial charge in [-0.2, -0.15) is 0 Å². The molecule has 0 atom stereocenters. The quantitative estimate of drug-likeness (QED) is 0.128. The molecule has 0 unspecified atom stereocenters. The third kappa shape index (κ3) is 5.86. The Balaban J connectivity index is 1.08. The molecule has 8 heteroatoms. The summed E-state index contributed by atoms with van der Waals surface area (Å²) in [4.78, 5) is 30.5. The number of hydrogen-bond donors (Lipinski definition) is 0. The number of anilines is 10. The molecule has 0 saturated carbocycles. The van der Waals surface area contributed by atoms with Crippen LogP contribution in [0.2, 0.25) is 0 Å². The summed E-state index contributed by atoms with van der Waals surface area (Å²) < 4.78 is 0. The van der Waals surface area contributed by atoms with Crippen LogP contribution in [-0.4, -0.2) is 34.0 Å². The monoisotopic (exact) mass is 922 g/mol. The van der Waals surface area contributed by atoms with E-state index in [0.717, 1.165) is 145 Å². The minimum atomic E-state index is 0.864. The lowest BCUT2D eigenvalue weighted by Gasteiger charge is -2.39. The smallest absolute Gasteiger partial charge is 0.0972 e. The van der Waals surface area contributed by atoms with Crippen LogP contribution in [-0.2, 0) is 0 Å². The van der Waals surface area contributed by atoms with Gasteiger partial charge >= 0.3 is 0 Å². The molecule has 0 bridgehead atoms. The third-order valence-electron chi connectivity index (χ3n) is 14.9. The molecule has 4 aromatic heterocycles. The Labute approximate surface area is 415 Å². The highest BCUT2D eigenvalue weighted by Crippen LogP contribution is 2.55. The summed E-state index contributed by atoms with van der Waals surface area (Å²) in [7, 11) is 4.30. The average Bonchev–Trinajstić information content (AvgIpc) is 3.44. The number of fused-ring (bicyclic) bond motifs is 12. The lowest BCUT2D eigenvalue weighted by atomic mass is 9.87. The normalized spacial score (nSPS) is 13.0. The molecule has 2 aliphatic heterocycles. The van der Waals surface area contributed by atoms with Crippen LogP contribution >= 0.6 is 0 Å². The van der Waals surface area contributed by atoms with E-state index in [1.54, 1.807) is 0 Å². The van der Waals surface area contributed by atoms with Crippen LogP contribution in [0, 0.1) is 0 Å². The van der Waals surface area contributed by atoms with Gasteiger partial charge in [0, 0.05) is 70.5 Å². The molecule has 9 aromatic carbocycles. The topological polar surface area (TPSA) is 64.5 Å². The number of aromatic nitrogens is 4. The van der Waals surface area contributed by atoms with E-state index in [4.69, 9.17) is 19.9 Å². The maximum Gasteiger partial charge on any atom is 0.0972 e. The summed E-state index contributed by atoms with van der Waals surface area (Å²) in [5, 5.41) is 8.43. The molecule has 2 aliphatic rings. The number of nitrogens with zero attached hydrogens (tertiary/aromatic N) is 8. The zero-order valence-electron chi connectivity index (χ0n) is 39.4. The first-order chi connectivity index (χ1) is 35.6. The van der Waals surface area contributed by atoms with Crippen molar-refractivity contribution in [3.8, 4) is 22.5 Å². The second-order valence-corrected chi connectivity index (χ2v) is 18.8. The lowest BCUT2D eigenvalue weighted by Crippen LogP contribution is -2.24. The van der Waals surface area contributed by atoms with E-state index in [-0.39, 0.29) is 0 Å². The van der Waals surface area contributed by atoms with Gasteiger partial charge in [-0.1, -0.05) is 109 Å². The lowest BCUT2D eigenvalue weighted by molar-refractivity contribution is 1.13. The van der Waals surface area contributed by atoms with Crippen LogP contribution in [0.3, 0.4) is 0 Å². The summed E-state index contributed by atoms with van der Waals surface area (Å²) in [6.07, 6.45) is 3.72. The van der Waals surface area contributed by atoms with Gasteiger partial charge in [0.2, 0.25) is 0 Å². The average molecular weight is 923 g/mol. The van der Waals surface area contributed by atoms with Crippen molar-refractivity contribution < 1.29 is 0 Å². The second kappa shape index (κ2) is 15.4. The predicted molar refractivity (Wildman–Crippen MR) is 299 cm³/mol. The molecular formula is C64H42N8. The highest BCUT2D eigenvalue weighted by molar-refractivity contribution is 6.23. The molecule has 72 heavy (non-hydrogen) atoms. The van der Waals surface area contributed by atoms with Gasteiger partial charge in [-0.05, 0) is 119 Å². The van der Waals surface area contributed by atoms with Crippen molar-refractivity contribution in [3.05, 3.63) is 219 Å². The molecule has 0 aliphatic carbocycles. The third-order valence-corrected chi connectivity index (χ3v) is 14.9. The molecule has 15 rings (SSSR count). The van der Waals surface area contributed by atoms with Gasteiger partial charge in [-0.25, -0.2) is 9.97 Å². The molecule has 6 heterocycles. The van der Waals surface area contributed by atoms with E-state index in [1.807, 2.05) is 24.5 Å². The van der Waals surface area contributed by atoms with Crippen molar-refractivity contribution in [2.24, 2.45) is 0 Å². The number of benzene rings is 9. The maximum absolute atomic E-state index is 5.63. The van der Waals surface area contributed by atoms with Gasteiger partial charge in [0.05, 0.1) is 79.0 Å². The SMILES string of the molecule is CN1c2ccccc2N(c2ccc3c(-c4ccc5ccc6cccnc6c5n4)c4cc(N5c6ccccc6N(C)c6ccccc65)ccc4c(-c4ccc5ccc6cccnc6c5n4)c3c2)c2ccccc21. The Bertz CT molecular complexity index is 4050. The molecule has 13 aromatic rings. The molecule has 0 spiro atoms. The molecule has 0 fully saturated rings. The van der Waals surface area contributed by atoms with E-state index in [1.165, 1.54) is 0 Å². The van der Waals surface area contributed by atoms with Crippen LogP contribution in [0.5, 0.6) is 0 Å². The zero-order chi connectivity index (χ0) is 47.6.